The lowest BCUT2D eigenvalue weighted by Crippen LogP contribution is -2.53. The molecule has 4 nitrogen and oxygen atoms in total. The zero-order chi connectivity index (χ0) is 13.6. The number of alkyl halides is 3. The molecule has 0 aromatic rings. The first-order chi connectivity index (χ1) is 8.46. The van der Waals surface area contributed by atoms with E-state index in [2.05, 4.69) is 22.5 Å². The summed E-state index contributed by atoms with van der Waals surface area (Å²) < 4.78 is 50.1. The van der Waals surface area contributed by atoms with Gasteiger partial charge in [0.2, 0.25) is 5.25 Å². The summed E-state index contributed by atoms with van der Waals surface area (Å²) in [4.78, 5) is 0. The summed E-state index contributed by atoms with van der Waals surface area (Å²) in [5.74, 6) is 4.63. The maximum absolute atomic E-state index is 12.8. The van der Waals surface area contributed by atoms with Gasteiger partial charge in [0.05, 0.1) is 12.6 Å². The van der Waals surface area contributed by atoms with Crippen LogP contribution in [0.5, 0.6) is 0 Å². The molecule has 18 heavy (non-hydrogen) atoms. The second kappa shape index (κ2) is 6.86. The van der Waals surface area contributed by atoms with Gasteiger partial charge in [-0.05, 0) is 17.1 Å². The average molecular weight is 279 g/mol. The van der Waals surface area contributed by atoms with Crippen molar-refractivity contribution in [1.82, 2.24) is 10.6 Å². The molecule has 2 N–H and O–H groups in total. The van der Waals surface area contributed by atoms with Crippen molar-refractivity contribution < 1.29 is 17.7 Å². The summed E-state index contributed by atoms with van der Waals surface area (Å²) in [5, 5.41) is 11.9. The van der Waals surface area contributed by atoms with Crippen LogP contribution in [0.4, 0.5) is 13.2 Å². The van der Waals surface area contributed by atoms with Crippen LogP contribution in [0.15, 0.2) is 0 Å². The third-order valence-corrected chi connectivity index (χ3v) is 3.80. The summed E-state index contributed by atoms with van der Waals surface area (Å²) in [6, 6.07) is 0.00639. The lowest BCUT2D eigenvalue weighted by atomic mass is 10.2. The van der Waals surface area contributed by atoms with Gasteiger partial charge >= 0.3 is 6.18 Å². The SMILES string of the molecule is N#CC1NCCNCC#CC[S+]([O-])C1C(F)(F)F. The minimum atomic E-state index is -4.69. The lowest BCUT2D eigenvalue weighted by Gasteiger charge is -2.26. The van der Waals surface area contributed by atoms with Crippen LogP contribution in [0.3, 0.4) is 0 Å². The van der Waals surface area contributed by atoms with E-state index in [1.807, 2.05) is 0 Å². The fraction of sp³-hybridized carbons (Fsp3) is 0.700. The molecular formula is C10H12F3N3OS. The first-order valence-corrected chi connectivity index (χ1v) is 6.58. The molecule has 0 aromatic heterocycles. The van der Waals surface area contributed by atoms with Crippen LogP contribution in [0.2, 0.25) is 0 Å². The standard InChI is InChI=1S/C10H12F3N3OS/c11-10(12,13)9-8(7-14)16-5-4-15-3-1-2-6-18(9)17/h8-9,15-16H,3-6H2. The third kappa shape index (κ3) is 4.39. The molecule has 3 unspecified atom stereocenters. The quantitative estimate of drug-likeness (QED) is 0.474. The predicted octanol–water partition coefficient (Wildman–Crippen LogP) is -0.246. The van der Waals surface area contributed by atoms with E-state index < -0.39 is 28.6 Å². The van der Waals surface area contributed by atoms with E-state index in [9.17, 15) is 17.7 Å². The topological polar surface area (TPSA) is 70.9 Å². The van der Waals surface area contributed by atoms with Gasteiger partial charge in [0.25, 0.3) is 0 Å². The molecule has 0 aliphatic carbocycles. The summed E-state index contributed by atoms with van der Waals surface area (Å²) in [6.07, 6.45) is -4.69. The first-order valence-electron chi connectivity index (χ1n) is 5.20. The molecular weight excluding hydrogens is 267 g/mol. The molecule has 1 aliphatic heterocycles. The van der Waals surface area contributed by atoms with E-state index in [0.717, 1.165) is 0 Å². The smallest absolute Gasteiger partial charge is 0.439 e. The summed E-state index contributed by atoms with van der Waals surface area (Å²) in [7, 11) is 0. The normalized spacial score (nSPS) is 30.5. The molecule has 0 radical (unpaired) electrons. The molecule has 0 fully saturated rings. The second-order valence-electron chi connectivity index (χ2n) is 3.58. The van der Waals surface area contributed by atoms with Crippen molar-refractivity contribution in [2.45, 2.75) is 17.5 Å². The molecule has 0 spiro atoms. The zero-order valence-corrected chi connectivity index (χ0v) is 10.2. The van der Waals surface area contributed by atoms with Crippen LogP contribution in [-0.2, 0) is 11.2 Å². The van der Waals surface area contributed by atoms with Gasteiger partial charge in [0, 0.05) is 13.1 Å². The van der Waals surface area contributed by atoms with Crippen molar-refractivity contribution in [2.24, 2.45) is 0 Å². The van der Waals surface area contributed by atoms with Gasteiger partial charge in [-0.15, -0.1) is 0 Å². The molecule has 1 rings (SSSR count). The van der Waals surface area contributed by atoms with Crippen molar-refractivity contribution in [3.8, 4) is 17.9 Å². The summed E-state index contributed by atoms with van der Waals surface area (Å²) in [5.41, 5.74) is 0. The Kier molecular flexibility index (Phi) is 5.76. The van der Waals surface area contributed by atoms with Crippen LogP contribution < -0.4 is 10.6 Å². The monoisotopic (exact) mass is 279 g/mol. The van der Waals surface area contributed by atoms with E-state index in [4.69, 9.17) is 5.26 Å². The predicted molar refractivity (Wildman–Crippen MR) is 60.9 cm³/mol. The van der Waals surface area contributed by atoms with Gasteiger partial charge in [0.1, 0.15) is 0 Å². The number of halogens is 3. The Labute approximate surface area is 106 Å². The highest BCUT2D eigenvalue weighted by molar-refractivity contribution is 7.92. The van der Waals surface area contributed by atoms with Crippen molar-refractivity contribution in [3.05, 3.63) is 0 Å². The van der Waals surface area contributed by atoms with Gasteiger partial charge in [-0.25, -0.2) is 0 Å². The Morgan fingerprint density at radius 1 is 1.33 bits per heavy atom. The summed E-state index contributed by atoms with van der Waals surface area (Å²) >= 11 is -2.24. The second-order valence-corrected chi connectivity index (χ2v) is 5.14. The Morgan fingerprint density at radius 3 is 2.67 bits per heavy atom. The zero-order valence-electron chi connectivity index (χ0n) is 9.38. The number of nitrogens with zero attached hydrogens (tertiary/aromatic N) is 1. The fourth-order valence-corrected chi connectivity index (χ4v) is 2.63. The van der Waals surface area contributed by atoms with E-state index in [1.165, 1.54) is 6.07 Å². The minimum Gasteiger partial charge on any atom is -0.615 e. The molecule has 0 saturated carbocycles. The largest absolute Gasteiger partial charge is 0.615 e. The van der Waals surface area contributed by atoms with E-state index in [-0.39, 0.29) is 12.3 Å². The van der Waals surface area contributed by atoms with E-state index >= 15 is 0 Å². The average Bonchev–Trinajstić information content (AvgIpc) is 2.31. The molecule has 0 saturated heterocycles. The van der Waals surface area contributed by atoms with Gasteiger partial charge < -0.3 is 9.87 Å². The first kappa shape index (κ1) is 15.1. The number of nitriles is 1. The number of nitrogens with one attached hydrogen (secondary N) is 2. The molecule has 0 aromatic carbocycles. The minimum absolute atomic E-state index is 0.184. The van der Waals surface area contributed by atoms with Crippen molar-refractivity contribution in [1.29, 1.82) is 5.26 Å². The highest BCUT2D eigenvalue weighted by Gasteiger charge is 2.53. The fourth-order valence-electron chi connectivity index (χ4n) is 1.45. The van der Waals surface area contributed by atoms with Crippen LogP contribution in [0.1, 0.15) is 0 Å². The molecule has 1 aliphatic rings. The Balaban J connectivity index is 2.92. The lowest BCUT2D eigenvalue weighted by molar-refractivity contribution is -0.133. The van der Waals surface area contributed by atoms with E-state index in [1.54, 1.807) is 0 Å². The van der Waals surface area contributed by atoms with E-state index in [0.29, 0.717) is 13.1 Å². The molecule has 1 heterocycles. The summed E-state index contributed by atoms with van der Waals surface area (Å²) in [6.45, 7) is 0.903. The third-order valence-electron chi connectivity index (χ3n) is 2.27. The Morgan fingerprint density at radius 2 is 2.06 bits per heavy atom. The van der Waals surface area contributed by atoms with Crippen molar-refractivity contribution >= 4 is 11.2 Å². The maximum atomic E-state index is 12.8. The molecule has 0 bridgehead atoms. The van der Waals surface area contributed by atoms with Gasteiger partial charge in [-0.2, -0.15) is 18.4 Å². The Hall–Kier alpha value is -0.930. The molecule has 100 valence electrons. The van der Waals surface area contributed by atoms with Crippen LogP contribution in [0.25, 0.3) is 0 Å². The number of hydrogen-bond donors (Lipinski definition) is 2. The van der Waals surface area contributed by atoms with Gasteiger partial charge in [-0.1, -0.05) is 5.92 Å². The van der Waals surface area contributed by atoms with Crippen LogP contribution in [0, 0.1) is 23.2 Å². The number of rotatable bonds is 0. The molecule has 3 atom stereocenters. The van der Waals surface area contributed by atoms with Gasteiger partial charge in [0.15, 0.2) is 11.8 Å². The highest BCUT2D eigenvalue weighted by atomic mass is 32.2. The Bertz CT molecular complexity index is 371. The number of hydrogen-bond acceptors (Lipinski definition) is 4. The molecule has 0 amide bonds. The highest BCUT2D eigenvalue weighted by Crippen LogP contribution is 2.29. The van der Waals surface area contributed by atoms with Crippen molar-refractivity contribution in [3.63, 3.8) is 0 Å². The van der Waals surface area contributed by atoms with Crippen molar-refractivity contribution in [2.75, 3.05) is 25.4 Å². The maximum Gasteiger partial charge on any atom is 0.439 e. The van der Waals surface area contributed by atoms with Crippen LogP contribution >= 0.6 is 0 Å². The van der Waals surface area contributed by atoms with Crippen LogP contribution in [-0.4, -0.2) is 47.4 Å². The molecule has 8 heteroatoms. The van der Waals surface area contributed by atoms with Gasteiger partial charge in [-0.3, -0.25) is 5.32 Å².